The van der Waals surface area contributed by atoms with E-state index in [1.54, 1.807) is 0 Å². The number of carbonyl (C=O) groups is 1. The molecule has 0 radical (unpaired) electrons. The minimum Gasteiger partial charge on any atom is -0.480 e. The first-order valence-electron chi connectivity index (χ1n) is 6.07. The predicted molar refractivity (Wildman–Crippen MR) is 63.4 cm³/mol. The van der Waals surface area contributed by atoms with Gasteiger partial charge in [-0.15, -0.1) is 11.8 Å². The van der Waals surface area contributed by atoms with Gasteiger partial charge < -0.3 is 10.4 Å². The van der Waals surface area contributed by atoms with Gasteiger partial charge in [-0.25, -0.2) is 0 Å². The first-order chi connectivity index (χ1) is 7.72. The third-order valence-electron chi connectivity index (χ3n) is 4.29. The summed E-state index contributed by atoms with van der Waals surface area (Å²) in [6.07, 6.45) is 3.77. The molecular formula is C11H18N2O2S. The lowest BCUT2D eigenvalue weighted by atomic mass is 9.73. The quantitative estimate of drug-likeness (QED) is 0.625. The summed E-state index contributed by atoms with van der Waals surface area (Å²) in [5.41, 5.74) is 0. The Bertz CT molecular complexity index is 288. The van der Waals surface area contributed by atoms with E-state index >= 15 is 0 Å². The van der Waals surface area contributed by atoms with E-state index in [-0.39, 0.29) is 10.9 Å². The highest BCUT2D eigenvalue weighted by Gasteiger charge is 2.54. The molecule has 0 aromatic rings. The van der Waals surface area contributed by atoms with Crippen LogP contribution in [-0.4, -0.2) is 40.8 Å². The fourth-order valence-corrected chi connectivity index (χ4v) is 5.26. The van der Waals surface area contributed by atoms with Crippen LogP contribution in [-0.2, 0) is 4.79 Å². The van der Waals surface area contributed by atoms with Gasteiger partial charge in [0.1, 0.15) is 6.04 Å². The Hall–Kier alpha value is -0.260. The second-order valence-corrected chi connectivity index (χ2v) is 6.42. The van der Waals surface area contributed by atoms with Gasteiger partial charge in [0.15, 0.2) is 0 Å². The number of hydrogen-bond acceptors (Lipinski definition) is 4. The second-order valence-electron chi connectivity index (χ2n) is 5.12. The van der Waals surface area contributed by atoms with Crippen molar-refractivity contribution >= 4 is 17.7 Å². The first kappa shape index (κ1) is 10.9. The van der Waals surface area contributed by atoms with Gasteiger partial charge in [0.2, 0.25) is 0 Å². The van der Waals surface area contributed by atoms with Crippen LogP contribution in [0, 0.1) is 11.8 Å². The molecule has 2 aliphatic heterocycles. The molecule has 0 amide bonds. The third-order valence-corrected chi connectivity index (χ3v) is 6.05. The highest BCUT2D eigenvalue weighted by molar-refractivity contribution is 8.01. The van der Waals surface area contributed by atoms with Crippen molar-refractivity contribution < 1.29 is 9.90 Å². The minimum absolute atomic E-state index is 0.0621. The Morgan fingerprint density at radius 3 is 2.56 bits per heavy atom. The molecule has 0 aromatic carbocycles. The minimum atomic E-state index is -0.694. The molecule has 1 aliphatic carbocycles. The van der Waals surface area contributed by atoms with Crippen molar-refractivity contribution in [1.82, 2.24) is 10.6 Å². The van der Waals surface area contributed by atoms with Gasteiger partial charge in [0, 0.05) is 18.8 Å². The van der Waals surface area contributed by atoms with Crippen LogP contribution < -0.4 is 10.6 Å². The zero-order valence-corrected chi connectivity index (χ0v) is 10.1. The van der Waals surface area contributed by atoms with Crippen LogP contribution in [0.3, 0.4) is 0 Å². The Balaban J connectivity index is 1.84. The average molecular weight is 242 g/mol. The maximum atomic E-state index is 11.1. The standard InChI is InChI=1S/C11H18N2O2S/c14-10(15)9-6-16-11(13-9)7-2-1-3-8(11)5-12-4-7/h7-9,12-13H,1-6H2,(H,14,15)/t7-,8-,9+/m1/s1. The summed E-state index contributed by atoms with van der Waals surface area (Å²) < 4.78 is 0. The molecule has 90 valence electrons. The molecule has 1 saturated carbocycles. The molecule has 2 bridgehead atoms. The van der Waals surface area contributed by atoms with E-state index in [2.05, 4.69) is 10.6 Å². The van der Waals surface area contributed by atoms with E-state index in [0.717, 1.165) is 18.8 Å². The Morgan fingerprint density at radius 1 is 1.31 bits per heavy atom. The number of aliphatic carboxylic acids is 1. The molecule has 2 saturated heterocycles. The molecule has 4 nitrogen and oxygen atoms in total. The zero-order valence-electron chi connectivity index (χ0n) is 9.24. The maximum absolute atomic E-state index is 11.1. The molecule has 3 aliphatic rings. The SMILES string of the molecule is O=C(O)[C@@H]1CSC2(N1)[C@@H]1CCC[C@@H]2CNC1. The van der Waals surface area contributed by atoms with Gasteiger partial charge in [0.05, 0.1) is 4.87 Å². The Morgan fingerprint density at radius 2 is 2.00 bits per heavy atom. The van der Waals surface area contributed by atoms with Crippen molar-refractivity contribution in [3.63, 3.8) is 0 Å². The number of carboxylic acid groups (broad SMARTS) is 1. The predicted octanol–water partition coefficient (Wildman–Crippen LogP) is 0.492. The van der Waals surface area contributed by atoms with Crippen molar-refractivity contribution in [2.45, 2.75) is 30.2 Å². The van der Waals surface area contributed by atoms with Crippen LogP contribution in [0.15, 0.2) is 0 Å². The third kappa shape index (κ3) is 1.49. The molecule has 2 heterocycles. The zero-order chi connectivity index (χ0) is 11.2. The number of nitrogens with one attached hydrogen (secondary N) is 2. The average Bonchev–Trinajstić information content (AvgIpc) is 2.63. The van der Waals surface area contributed by atoms with Crippen molar-refractivity contribution in [2.24, 2.45) is 11.8 Å². The summed E-state index contributed by atoms with van der Waals surface area (Å²) in [7, 11) is 0. The molecule has 1 spiro atoms. The maximum Gasteiger partial charge on any atom is 0.321 e. The number of hydrogen-bond donors (Lipinski definition) is 3. The van der Waals surface area contributed by atoms with Gasteiger partial charge in [-0.3, -0.25) is 10.1 Å². The largest absolute Gasteiger partial charge is 0.480 e. The smallest absolute Gasteiger partial charge is 0.321 e. The van der Waals surface area contributed by atoms with Crippen LogP contribution in [0.5, 0.6) is 0 Å². The Labute approximate surface area is 99.5 Å². The summed E-state index contributed by atoms with van der Waals surface area (Å²) in [6.45, 7) is 2.09. The molecule has 3 N–H and O–H groups in total. The molecule has 0 unspecified atom stereocenters. The monoisotopic (exact) mass is 242 g/mol. The van der Waals surface area contributed by atoms with Gasteiger partial charge in [-0.1, -0.05) is 6.42 Å². The van der Waals surface area contributed by atoms with Crippen molar-refractivity contribution in [2.75, 3.05) is 18.8 Å². The van der Waals surface area contributed by atoms with E-state index < -0.39 is 5.97 Å². The molecule has 3 atom stereocenters. The lowest BCUT2D eigenvalue weighted by molar-refractivity contribution is -0.139. The molecule has 5 heteroatoms. The van der Waals surface area contributed by atoms with E-state index in [4.69, 9.17) is 5.11 Å². The van der Waals surface area contributed by atoms with Crippen LogP contribution in [0.2, 0.25) is 0 Å². The van der Waals surface area contributed by atoms with E-state index in [9.17, 15) is 4.79 Å². The van der Waals surface area contributed by atoms with Crippen molar-refractivity contribution in [3.8, 4) is 0 Å². The van der Waals surface area contributed by atoms with Gasteiger partial charge >= 0.3 is 5.97 Å². The number of rotatable bonds is 1. The second kappa shape index (κ2) is 3.89. The fraction of sp³-hybridized carbons (Fsp3) is 0.909. The molecule has 3 rings (SSSR count). The van der Waals surface area contributed by atoms with Crippen LogP contribution in [0.25, 0.3) is 0 Å². The number of piperidine rings is 1. The highest BCUT2D eigenvalue weighted by Crippen LogP contribution is 2.50. The lowest BCUT2D eigenvalue weighted by Crippen LogP contribution is -2.63. The normalized spacial score (nSPS) is 47.1. The highest BCUT2D eigenvalue weighted by atomic mass is 32.2. The number of carboxylic acids is 1. The summed E-state index contributed by atoms with van der Waals surface area (Å²) in [5, 5.41) is 16.0. The van der Waals surface area contributed by atoms with E-state index in [1.807, 2.05) is 11.8 Å². The number of thioether (sulfide) groups is 1. The Kier molecular flexibility index (Phi) is 2.64. The summed E-state index contributed by atoms with van der Waals surface area (Å²) >= 11 is 1.86. The molecular weight excluding hydrogens is 224 g/mol. The van der Waals surface area contributed by atoms with E-state index in [0.29, 0.717) is 11.8 Å². The van der Waals surface area contributed by atoms with E-state index in [1.165, 1.54) is 19.3 Å². The van der Waals surface area contributed by atoms with Gasteiger partial charge in [-0.2, -0.15) is 0 Å². The summed E-state index contributed by atoms with van der Waals surface area (Å²) in [6, 6.07) is -0.341. The molecule has 3 fully saturated rings. The molecule has 0 aromatic heterocycles. The van der Waals surface area contributed by atoms with Crippen molar-refractivity contribution in [3.05, 3.63) is 0 Å². The van der Waals surface area contributed by atoms with Crippen molar-refractivity contribution in [1.29, 1.82) is 0 Å². The first-order valence-corrected chi connectivity index (χ1v) is 7.06. The lowest BCUT2D eigenvalue weighted by Gasteiger charge is -2.51. The summed E-state index contributed by atoms with van der Waals surface area (Å²) in [4.78, 5) is 11.1. The van der Waals surface area contributed by atoms with Crippen LogP contribution in [0.1, 0.15) is 19.3 Å². The van der Waals surface area contributed by atoms with Gasteiger partial charge in [-0.05, 0) is 24.7 Å². The topological polar surface area (TPSA) is 61.4 Å². The van der Waals surface area contributed by atoms with Crippen LogP contribution >= 0.6 is 11.8 Å². The molecule has 16 heavy (non-hydrogen) atoms. The fourth-order valence-electron chi connectivity index (χ4n) is 3.49. The van der Waals surface area contributed by atoms with Crippen LogP contribution in [0.4, 0.5) is 0 Å². The summed E-state index contributed by atoms with van der Waals surface area (Å²) in [5.74, 6) is 1.24. The van der Waals surface area contributed by atoms with Gasteiger partial charge in [0.25, 0.3) is 0 Å².